The van der Waals surface area contributed by atoms with Gasteiger partial charge in [-0.05, 0) is 61.9 Å². The lowest BCUT2D eigenvalue weighted by molar-refractivity contribution is 0.242. The van der Waals surface area contributed by atoms with Crippen LogP contribution in [0.3, 0.4) is 0 Å². The first-order valence-corrected chi connectivity index (χ1v) is 10.0. The Morgan fingerprint density at radius 3 is 2.78 bits per heavy atom. The van der Waals surface area contributed by atoms with Crippen molar-refractivity contribution in [3.63, 3.8) is 0 Å². The van der Waals surface area contributed by atoms with Crippen LogP contribution in [-0.4, -0.2) is 16.3 Å². The van der Waals surface area contributed by atoms with Crippen molar-refractivity contribution in [2.45, 2.75) is 45.6 Å². The SMILES string of the molecule is CC(C)Oc1ccc(-c2nnc(-c3cccc4c3CC[C@@H]4C)s2)cc1C#N. The molecule has 136 valence electrons. The number of rotatable bonds is 4. The Morgan fingerprint density at radius 1 is 1.19 bits per heavy atom. The van der Waals surface area contributed by atoms with Crippen molar-refractivity contribution in [2.24, 2.45) is 0 Å². The predicted molar refractivity (Wildman–Crippen MR) is 108 cm³/mol. The molecule has 1 aliphatic rings. The molecule has 0 radical (unpaired) electrons. The fourth-order valence-corrected chi connectivity index (χ4v) is 4.51. The molecule has 5 heteroatoms. The van der Waals surface area contributed by atoms with Gasteiger partial charge in [0.1, 0.15) is 21.8 Å². The minimum absolute atomic E-state index is 0.0265. The van der Waals surface area contributed by atoms with Gasteiger partial charge in [-0.1, -0.05) is 36.5 Å². The standard InChI is InChI=1S/C22H21N3OS/c1-13(2)26-20-10-8-15(11-16(20)12-23)21-24-25-22(27-21)19-6-4-5-17-14(3)7-9-18(17)19/h4-6,8,10-11,13-14H,7,9H2,1-3H3/t14-/m0/s1. The fraction of sp³-hybridized carbons (Fsp3) is 0.318. The highest BCUT2D eigenvalue weighted by Crippen LogP contribution is 2.40. The van der Waals surface area contributed by atoms with Crippen molar-refractivity contribution in [3.05, 3.63) is 53.1 Å². The van der Waals surface area contributed by atoms with Gasteiger partial charge in [0.25, 0.3) is 0 Å². The van der Waals surface area contributed by atoms with E-state index in [4.69, 9.17) is 4.74 Å². The van der Waals surface area contributed by atoms with Gasteiger partial charge in [0.05, 0.1) is 11.7 Å². The average Bonchev–Trinajstić information content (AvgIpc) is 3.29. The topological polar surface area (TPSA) is 58.8 Å². The van der Waals surface area contributed by atoms with E-state index in [1.54, 1.807) is 11.3 Å². The highest BCUT2D eigenvalue weighted by atomic mass is 32.1. The van der Waals surface area contributed by atoms with Crippen LogP contribution in [0.5, 0.6) is 5.75 Å². The largest absolute Gasteiger partial charge is 0.490 e. The van der Waals surface area contributed by atoms with Crippen LogP contribution in [0, 0.1) is 11.3 Å². The maximum Gasteiger partial charge on any atom is 0.148 e. The monoisotopic (exact) mass is 375 g/mol. The minimum atomic E-state index is 0.0265. The zero-order valence-corrected chi connectivity index (χ0v) is 16.5. The molecule has 0 amide bonds. The lowest BCUT2D eigenvalue weighted by Gasteiger charge is -2.11. The molecule has 1 aliphatic carbocycles. The predicted octanol–water partition coefficient (Wildman–Crippen LogP) is 5.58. The average molecular weight is 375 g/mol. The van der Waals surface area contributed by atoms with E-state index >= 15 is 0 Å². The number of fused-ring (bicyclic) bond motifs is 1. The van der Waals surface area contributed by atoms with Gasteiger partial charge in [-0.3, -0.25) is 0 Å². The molecule has 0 saturated carbocycles. The van der Waals surface area contributed by atoms with Crippen LogP contribution in [0.2, 0.25) is 0 Å². The second kappa shape index (κ2) is 7.13. The number of ether oxygens (including phenoxy) is 1. The number of nitrogens with zero attached hydrogens (tertiary/aromatic N) is 3. The molecule has 0 bridgehead atoms. The lowest BCUT2D eigenvalue weighted by Crippen LogP contribution is -2.06. The number of benzene rings is 2. The van der Waals surface area contributed by atoms with Gasteiger partial charge in [-0.25, -0.2) is 0 Å². The summed E-state index contributed by atoms with van der Waals surface area (Å²) in [7, 11) is 0. The van der Waals surface area contributed by atoms with E-state index in [0.717, 1.165) is 22.0 Å². The third-order valence-electron chi connectivity index (χ3n) is 4.94. The Hall–Kier alpha value is -2.71. The lowest BCUT2D eigenvalue weighted by atomic mass is 10.0. The quantitative estimate of drug-likeness (QED) is 0.597. The second-order valence-corrected chi connectivity index (χ2v) is 8.19. The number of hydrogen-bond donors (Lipinski definition) is 0. The molecule has 0 aliphatic heterocycles. The minimum Gasteiger partial charge on any atom is -0.490 e. The number of nitriles is 1. The van der Waals surface area contributed by atoms with E-state index < -0.39 is 0 Å². The Balaban J connectivity index is 1.69. The molecule has 0 unspecified atom stereocenters. The van der Waals surface area contributed by atoms with E-state index in [1.165, 1.54) is 23.1 Å². The second-order valence-electron chi connectivity index (χ2n) is 7.21. The van der Waals surface area contributed by atoms with E-state index in [0.29, 0.717) is 17.2 Å². The fourth-order valence-electron chi connectivity index (χ4n) is 3.62. The zero-order chi connectivity index (χ0) is 19.0. The van der Waals surface area contributed by atoms with Gasteiger partial charge < -0.3 is 4.74 Å². The molecule has 3 aromatic rings. The molecular weight excluding hydrogens is 354 g/mol. The van der Waals surface area contributed by atoms with E-state index in [-0.39, 0.29) is 6.10 Å². The maximum absolute atomic E-state index is 9.45. The van der Waals surface area contributed by atoms with Crippen LogP contribution in [-0.2, 0) is 6.42 Å². The summed E-state index contributed by atoms with van der Waals surface area (Å²) in [6.45, 7) is 6.18. The van der Waals surface area contributed by atoms with Crippen molar-refractivity contribution in [1.29, 1.82) is 5.26 Å². The summed E-state index contributed by atoms with van der Waals surface area (Å²) in [5.74, 6) is 1.22. The van der Waals surface area contributed by atoms with Gasteiger partial charge in [0.2, 0.25) is 0 Å². The number of aromatic nitrogens is 2. The Bertz CT molecular complexity index is 1030. The van der Waals surface area contributed by atoms with E-state index in [9.17, 15) is 5.26 Å². The zero-order valence-electron chi connectivity index (χ0n) is 15.7. The van der Waals surface area contributed by atoms with Gasteiger partial charge in [-0.15, -0.1) is 10.2 Å². The van der Waals surface area contributed by atoms with Crippen LogP contribution in [0.1, 0.15) is 49.8 Å². The van der Waals surface area contributed by atoms with Gasteiger partial charge in [-0.2, -0.15) is 5.26 Å². The summed E-state index contributed by atoms with van der Waals surface area (Å²) in [6, 6.07) is 14.3. The van der Waals surface area contributed by atoms with Crippen LogP contribution < -0.4 is 4.74 Å². The molecule has 1 atom stereocenters. The molecule has 27 heavy (non-hydrogen) atoms. The van der Waals surface area contributed by atoms with Crippen molar-refractivity contribution >= 4 is 11.3 Å². The summed E-state index contributed by atoms with van der Waals surface area (Å²) in [4.78, 5) is 0. The molecule has 0 spiro atoms. The van der Waals surface area contributed by atoms with E-state index in [2.05, 4.69) is 41.4 Å². The highest BCUT2D eigenvalue weighted by molar-refractivity contribution is 7.17. The normalized spacial score (nSPS) is 15.6. The van der Waals surface area contributed by atoms with Crippen LogP contribution in [0.4, 0.5) is 0 Å². The first-order valence-electron chi connectivity index (χ1n) is 9.23. The molecule has 1 heterocycles. The Labute approximate surface area is 163 Å². The van der Waals surface area contributed by atoms with Crippen molar-refractivity contribution in [2.75, 3.05) is 0 Å². The first kappa shape index (κ1) is 17.7. The molecule has 4 nitrogen and oxygen atoms in total. The molecule has 0 saturated heterocycles. The molecule has 0 fully saturated rings. The van der Waals surface area contributed by atoms with Gasteiger partial charge >= 0.3 is 0 Å². The van der Waals surface area contributed by atoms with Gasteiger partial charge in [0.15, 0.2) is 0 Å². The highest BCUT2D eigenvalue weighted by Gasteiger charge is 2.23. The molecule has 4 rings (SSSR count). The van der Waals surface area contributed by atoms with E-state index in [1.807, 2.05) is 32.0 Å². The third-order valence-corrected chi connectivity index (χ3v) is 5.94. The molecule has 0 N–H and O–H groups in total. The summed E-state index contributed by atoms with van der Waals surface area (Å²) in [5.41, 5.74) is 5.46. The van der Waals surface area contributed by atoms with Crippen molar-refractivity contribution in [1.82, 2.24) is 10.2 Å². The number of hydrogen-bond acceptors (Lipinski definition) is 5. The van der Waals surface area contributed by atoms with Crippen LogP contribution in [0.25, 0.3) is 21.1 Å². The van der Waals surface area contributed by atoms with Crippen molar-refractivity contribution < 1.29 is 4.74 Å². The van der Waals surface area contributed by atoms with Crippen molar-refractivity contribution in [3.8, 4) is 33.0 Å². The maximum atomic E-state index is 9.45. The molecule has 1 aromatic heterocycles. The Morgan fingerprint density at radius 2 is 2.00 bits per heavy atom. The van der Waals surface area contributed by atoms with Crippen LogP contribution >= 0.6 is 11.3 Å². The first-order chi connectivity index (χ1) is 13.1. The van der Waals surface area contributed by atoms with Crippen LogP contribution in [0.15, 0.2) is 36.4 Å². The smallest absolute Gasteiger partial charge is 0.148 e. The van der Waals surface area contributed by atoms with Gasteiger partial charge in [0, 0.05) is 11.1 Å². The third kappa shape index (κ3) is 3.33. The summed E-state index contributed by atoms with van der Waals surface area (Å²) < 4.78 is 5.71. The summed E-state index contributed by atoms with van der Waals surface area (Å²) >= 11 is 1.57. The summed E-state index contributed by atoms with van der Waals surface area (Å²) in [6.07, 6.45) is 2.32. The molecular formula is C22H21N3OS. The Kier molecular flexibility index (Phi) is 4.67. The molecule has 2 aromatic carbocycles. The summed E-state index contributed by atoms with van der Waals surface area (Å²) in [5, 5.41) is 20.1.